The first-order valence-corrected chi connectivity index (χ1v) is 8.09. The van der Waals surface area contributed by atoms with Crippen molar-refractivity contribution < 1.29 is 18.0 Å². The van der Waals surface area contributed by atoms with Crippen LogP contribution in [-0.2, 0) is 29.6 Å². The van der Waals surface area contributed by atoms with Crippen LogP contribution in [0, 0.1) is 6.92 Å². The average molecular weight is 310 g/mol. The topological polar surface area (TPSA) is 92.4 Å². The van der Waals surface area contributed by atoms with Crippen molar-refractivity contribution in [3.63, 3.8) is 0 Å². The van der Waals surface area contributed by atoms with Crippen LogP contribution in [0.2, 0.25) is 0 Å². The van der Waals surface area contributed by atoms with Gasteiger partial charge in [-0.2, -0.15) is 0 Å². The monoisotopic (exact) mass is 310 g/mol. The molecule has 114 valence electrons. The van der Waals surface area contributed by atoms with Crippen LogP contribution >= 0.6 is 0 Å². The fourth-order valence-electron chi connectivity index (χ4n) is 2.01. The minimum Gasteiger partial charge on any atom is -0.392 e. The molecule has 7 heteroatoms. The molecule has 0 atom stereocenters. The molecule has 1 aromatic carbocycles. The highest BCUT2D eigenvalue weighted by molar-refractivity contribution is 7.89. The molecule has 0 bridgehead atoms. The molecule has 0 amide bonds. The summed E-state index contributed by atoms with van der Waals surface area (Å²) >= 11 is 0. The van der Waals surface area contributed by atoms with Crippen molar-refractivity contribution in [1.82, 2.24) is 9.88 Å². The largest absolute Gasteiger partial charge is 0.392 e. The summed E-state index contributed by atoms with van der Waals surface area (Å²) in [5, 5.41) is 13.0. The van der Waals surface area contributed by atoms with Gasteiger partial charge in [-0.3, -0.25) is 0 Å². The van der Waals surface area contributed by atoms with E-state index >= 15 is 0 Å². The molecule has 0 aliphatic heterocycles. The number of rotatable bonds is 6. The second kappa shape index (κ2) is 6.38. The molecule has 2 aromatic rings. The number of benzene rings is 1. The lowest BCUT2D eigenvalue weighted by Crippen LogP contribution is -2.23. The van der Waals surface area contributed by atoms with Gasteiger partial charge in [0.05, 0.1) is 23.7 Å². The second-order valence-electron chi connectivity index (χ2n) is 4.70. The van der Waals surface area contributed by atoms with Gasteiger partial charge in [-0.05, 0) is 36.6 Å². The van der Waals surface area contributed by atoms with Gasteiger partial charge < -0.3 is 9.63 Å². The molecule has 0 aliphatic carbocycles. The van der Waals surface area contributed by atoms with Gasteiger partial charge in [0.25, 0.3) is 0 Å². The Labute approximate surface area is 123 Å². The number of nitrogens with one attached hydrogen (secondary N) is 1. The van der Waals surface area contributed by atoms with Crippen LogP contribution in [0.3, 0.4) is 0 Å². The molecule has 2 rings (SSSR count). The predicted molar refractivity (Wildman–Crippen MR) is 77.0 cm³/mol. The molecule has 2 N–H and O–H groups in total. The summed E-state index contributed by atoms with van der Waals surface area (Å²) in [4.78, 5) is 0.125. The molecule has 0 aliphatic rings. The van der Waals surface area contributed by atoms with Crippen LogP contribution in [-0.4, -0.2) is 18.7 Å². The molecule has 6 nitrogen and oxygen atoms in total. The number of hydrogen-bond acceptors (Lipinski definition) is 5. The summed E-state index contributed by atoms with van der Waals surface area (Å²) in [5.74, 6) is 0.448. The van der Waals surface area contributed by atoms with Crippen LogP contribution in [0.5, 0.6) is 0 Å². The fraction of sp³-hybridized carbons (Fsp3) is 0.357. The molecule has 0 spiro atoms. The lowest BCUT2D eigenvalue weighted by atomic mass is 10.1. The molecule has 1 aromatic heterocycles. The van der Waals surface area contributed by atoms with Gasteiger partial charge >= 0.3 is 0 Å². The van der Waals surface area contributed by atoms with Crippen molar-refractivity contribution in [3.05, 3.63) is 46.8 Å². The van der Waals surface area contributed by atoms with Crippen molar-refractivity contribution in [2.24, 2.45) is 0 Å². The Morgan fingerprint density at radius 2 is 2.05 bits per heavy atom. The zero-order valence-electron chi connectivity index (χ0n) is 12.0. The molecule has 0 fully saturated rings. The summed E-state index contributed by atoms with van der Waals surface area (Å²) in [6, 6.07) is 6.42. The molecule has 1 heterocycles. The Balaban J connectivity index is 2.19. The van der Waals surface area contributed by atoms with E-state index in [2.05, 4.69) is 9.88 Å². The number of hydrogen-bond donors (Lipinski definition) is 2. The average Bonchev–Trinajstić information content (AvgIpc) is 2.90. The summed E-state index contributed by atoms with van der Waals surface area (Å²) in [6.07, 6.45) is 0.737. The molecule has 0 radical (unpaired) electrons. The van der Waals surface area contributed by atoms with Gasteiger partial charge in [-0.25, -0.2) is 13.1 Å². The van der Waals surface area contributed by atoms with Gasteiger partial charge in [0, 0.05) is 6.07 Å². The van der Waals surface area contributed by atoms with Crippen LogP contribution in [0.15, 0.2) is 33.7 Å². The molecule has 21 heavy (non-hydrogen) atoms. The zero-order chi connectivity index (χ0) is 15.5. The van der Waals surface area contributed by atoms with Gasteiger partial charge in [-0.15, -0.1) is 0 Å². The number of aliphatic hydroxyl groups excluding tert-OH is 1. The maximum Gasteiger partial charge on any atom is 0.240 e. The van der Waals surface area contributed by atoms with E-state index in [-0.39, 0.29) is 18.0 Å². The van der Waals surface area contributed by atoms with Crippen LogP contribution in [0.4, 0.5) is 0 Å². The lowest BCUT2D eigenvalue weighted by molar-refractivity contribution is 0.280. The number of nitrogens with zero attached hydrogens (tertiary/aromatic N) is 1. The van der Waals surface area contributed by atoms with Crippen molar-refractivity contribution in [2.45, 2.75) is 38.3 Å². The van der Waals surface area contributed by atoms with E-state index in [1.807, 2.05) is 6.92 Å². The van der Waals surface area contributed by atoms with E-state index in [1.165, 1.54) is 12.1 Å². The van der Waals surface area contributed by atoms with Gasteiger partial charge in [0.2, 0.25) is 10.0 Å². The van der Waals surface area contributed by atoms with E-state index in [0.717, 1.165) is 12.0 Å². The van der Waals surface area contributed by atoms with E-state index in [1.54, 1.807) is 19.1 Å². The fourth-order valence-corrected chi connectivity index (χ4v) is 3.05. The Bertz CT molecular complexity index is 722. The summed E-state index contributed by atoms with van der Waals surface area (Å²) in [7, 11) is -3.66. The number of aliphatic hydroxyl groups is 1. The summed E-state index contributed by atoms with van der Waals surface area (Å²) in [6.45, 7) is 3.56. The molecule has 0 saturated carbocycles. The minimum absolute atomic E-state index is 0.0349. The first kappa shape index (κ1) is 15.7. The Morgan fingerprint density at radius 3 is 2.62 bits per heavy atom. The predicted octanol–water partition coefficient (Wildman–Crippen LogP) is 1.52. The molecular weight excluding hydrogens is 292 g/mol. The maximum absolute atomic E-state index is 12.2. The summed E-state index contributed by atoms with van der Waals surface area (Å²) < 4.78 is 31.9. The minimum atomic E-state index is -3.66. The Kier molecular flexibility index (Phi) is 4.76. The number of aryl methyl sites for hydroxylation is 2. The van der Waals surface area contributed by atoms with Crippen LogP contribution in [0.1, 0.15) is 29.5 Å². The van der Waals surface area contributed by atoms with Crippen LogP contribution < -0.4 is 4.72 Å². The quantitative estimate of drug-likeness (QED) is 0.844. The SMILES string of the molecule is CCc1ccc(S(=O)(=O)NCc2cc(C)no2)cc1CO. The van der Waals surface area contributed by atoms with Crippen LogP contribution in [0.25, 0.3) is 0 Å². The highest BCUT2D eigenvalue weighted by atomic mass is 32.2. The second-order valence-corrected chi connectivity index (χ2v) is 6.47. The van der Waals surface area contributed by atoms with E-state index in [4.69, 9.17) is 4.52 Å². The van der Waals surface area contributed by atoms with E-state index in [9.17, 15) is 13.5 Å². The molecular formula is C14H18N2O4S. The highest BCUT2D eigenvalue weighted by Crippen LogP contribution is 2.17. The van der Waals surface area contributed by atoms with Gasteiger partial charge in [-0.1, -0.05) is 18.1 Å². The Morgan fingerprint density at radius 1 is 1.29 bits per heavy atom. The van der Waals surface area contributed by atoms with Crippen molar-refractivity contribution in [1.29, 1.82) is 0 Å². The Hall–Kier alpha value is -1.70. The van der Waals surface area contributed by atoms with Crippen molar-refractivity contribution in [2.75, 3.05) is 0 Å². The smallest absolute Gasteiger partial charge is 0.240 e. The molecule has 0 unspecified atom stereocenters. The number of aromatic nitrogens is 1. The number of sulfonamides is 1. The highest BCUT2D eigenvalue weighted by Gasteiger charge is 2.16. The normalized spacial score (nSPS) is 11.8. The van der Waals surface area contributed by atoms with Gasteiger partial charge in [0.15, 0.2) is 5.76 Å². The van der Waals surface area contributed by atoms with Gasteiger partial charge in [0.1, 0.15) is 0 Å². The standard InChI is InChI=1S/C14H18N2O4S/c1-3-11-4-5-14(7-12(11)9-17)21(18,19)15-8-13-6-10(2)16-20-13/h4-7,15,17H,3,8-9H2,1-2H3. The first-order valence-electron chi connectivity index (χ1n) is 6.60. The third kappa shape index (κ3) is 3.69. The lowest BCUT2D eigenvalue weighted by Gasteiger charge is -2.09. The molecule has 0 saturated heterocycles. The zero-order valence-corrected chi connectivity index (χ0v) is 12.8. The van der Waals surface area contributed by atoms with Crippen molar-refractivity contribution >= 4 is 10.0 Å². The van der Waals surface area contributed by atoms with E-state index < -0.39 is 10.0 Å². The summed E-state index contributed by atoms with van der Waals surface area (Å²) in [5.41, 5.74) is 2.25. The van der Waals surface area contributed by atoms with Crippen molar-refractivity contribution in [3.8, 4) is 0 Å². The van der Waals surface area contributed by atoms with E-state index in [0.29, 0.717) is 17.0 Å². The first-order chi connectivity index (χ1) is 9.96. The maximum atomic E-state index is 12.2. The third-order valence-corrected chi connectivity index (χ3v) is 4.55. The third-order valence-electron chi connectivity index (χ3n) is 3.15.